The van der Waals surface area contributed by atoms with Gasteiger partial charge in [0.05, 0.1) is 17.4 Å². The normalized spacial score (nSPS) is 19.7. The number of nitrogens with zero attached hydrogens (tertiary/aromatic N) is 4. The first-order valence-corrected chi connectivity index (χ1v) is 12.1. The van der Waals surface area contributed by atoms with E-state index in [1.54, 1.807) is 4.57 Å². The van der Waals surface area contributed by atoms with Crippen molar-refractivity contribution in [2.45, 2.75) is 58.8 Å². The third-order valence-corrected chi connectivity index (χ3v) is 6.74. The van der Waals surface area contributed by atoms with Gasteiger partial charge in [-0.3, -0.25) is 9.59 Å². The van der Waals surface area contributed by atoms with Crippen LogP contribution in [0.15, 0.2) is 12.1 Å². The van der Waals surface area contributed by atoms with Crippen LogP contribution in [0.3, 0.4) is 0 Å². The highest BCUT2D eigenvalue weighted by Gasteiger charge is 2.39. The Kier molecular flexibility index (Phi) is 7.16. The first kappa shape index (κ1) is 26.2. The lowest BCUT2D eigenvalue weighted by Crippen LogP contribution is -2.54. The van der Waals surface area contributed by atoms with Crippen molar-refractivity contribution in [1.82, 2.24) is 24.7 Å². The average Bonchev–Trinajstić information content (AvgIpc) is 3.31. The summed E-state index contributed by atoms with van der Waals surface area (Å²) in [5.74, 6) is -4.40. The van der Waals surface area contributed by atoms with Crippen LogP contribution < -0.4 is 5.32 Å². The Bertz CT molecular complexity index is 1180. The number of likely N-dealkylation sites (tertiary alicyclic amines) is 1. The predicted octanol–water partition coefficient (Wildman–Crippen LogP) is 2.54. The number of hydrogen-bond acceptors (Lipinski definition) is 5. The monoisotopic (exact) mass is 507 g/mol. The molecule has 1 saturated heterocycles. The van der Waals surface area contributed by atoms with Gasteiger partial charge in [-0.2, -0.15) is 0 Å². The number of halogens is 3. The maximum atomic E-state index is 14.7. The molecular weight excluding hydrogens is 475 g/mol. The number of benzene rings is 1. The predicted molar refractivity (Wildman–Crippen MR) is 126 cm³/mol. The minimum Gasteiger partial charge on any atom is -0.391 e. The SMILES string of the molecule is CN1CCCn2c(-c3cc(F)c(F)cc3F)nc(C(=O)NC(C(=O)N3CCC(O)C3)C(C)(C)C)c2C1. The summed E-state index contributed by atoms with van der Waals surface area (Å²) in [6, 6.07) is 0.310. The van der Waals surface area contributed by atoms with Crippen LogP contribution >= 0.6 is 0 Å². The number of nitrogens with one attached hydrogen (secondary N) is 1. The Morgan fingerprint density at radius 1 is 1.11 bits per heavy atom. The Balaban J connectivity index is 1.74. The zero-order valence-corrected chi connectivity index (χ0v) is 20.9. The number of aliphatic hydroxyl groups is 1. The highest BCUT2D eigenvalue weighted by Crippen LogP contribution is 2.30. The molecule has 11 heteroatoms. The summed E-state index contributed by atoms with van der Waals surface area (Å²) in [5, 5.41) is 12.7. The van der Waals surface area contributed by atoms with Gasteiger partial charge in [-0.05, 0) is 37.9 Å². The fourth-order valence-electron chi connectivity index (χ4n) is 4.78. The zero-order chi connectivity index (χ0) is 26.4. The molecule has 1 aromatic heterocycles. The van der Waals surface area contributed by atoms with E-state index < -0.39 is 40.9 Å². The van der Waals surface area contributed by atoms with Crippen molar-refractivity contribution in [3.8, 4) is 11.4 Å². The standard InChI is InChI=1S/C25H32F3N5O3/c1-25(2,3)21(24(36)32-9-6-14(34)12-32)30-23(35)20-19-13-31(4)7-5-8-33(19)22(29-20)15-10-17(27)18(28)11-16(15)26/h10-11,14,21,34H,5-9,12-13H2,1-4H3,(H,30,35). The summed E-state index contributed by atoms with van der Waals surface area (Å²) in [5.41, 5.74) is -0.383. The van der Waals surface area contributed by atoms with E-state index in [1.807, 2.05) is 32.7 Å². The highest BCUT2D eigenvalue weighted by atomic mass is 19.2. The molecule has 0 spiro atoms. The van der Waals surface area contributed by atoms with Gasteiger partial charge in [0.1, 0.15) is 17.7 Å². The van der Waals surface area contributed by atoms with Crippen molar-refractivity contribution in [3.05, 3.63) is 41.0 Å². The molecule has 2 unspecified atom stereocenters. The van der Waals surface area contributed by atoms with Gasteiger partial charge in [0, 0.05) is 32.2 Å². The Labute approximate surface area is 208 Å². The zero-order valence-electron chi connectivity index (χ0n) is 20.9. The van der Waals surface area contributed by atoms with Crippen LogP contribution in [-0.4, -0.2) is 75.1 Å². The molecule has 2 aliphatic heterocycles. The van der Waals surface area contributed by atoms with E-state index in [1.165, 1.54) is 4.90 Å². The molecule has 3 heterocycles. The molecule has 0 saturated carbocycles. The minimum atomic E-state index is -1.31. The molecule has 2 atom stereocenters. The van der Waals surface area contributed by atoms with E-state index in [2.05, 4.69) is 10.3 Å². The lowest BCUT2D eigenvalue weighted by molar-refractivity contribution is -0.135. The van der Waals surface area contributed by atoms with Crippen molar-refractivity contribution in [1.29, 1.82) is 0 Å². The fraction of sp³-hybridized carbons (Fsp3) is 0.560. The molecule has 4 rings (SSSR count). The van der Waals surface area contributed by atoms with Crippen molar-refractivity contribution >= 4 is 11.8 Å². The van der Waals surface area contributed by atoms with Crippen LogP contribution in [0.1, 0.15) is 49.8 Å². The average molecular weight is 508 g/mol. The molecule has 2 aromatic rings. The number of fused-ring (bicyclic) bond motifs is 1. The van der Waals surface area contributed by atoms with Gasteiger partial charge in [0.2, 0.25) is 5.91 Å². The van der Waals surface area contributed by atoms with Gasteiger partial charge in [-0.15, -0.1) is 0 Å². The number of β-amino-alcohol motifs (C(OH)–C–C–N with tert-alkyl or cyclic N) is 1. The molecule has 1 aromatic carbocycles. The highest BCUT2D eigenvalue weighted by molar-refractivity contribution is 5.98. The van der Waals surface area contributed by atoms with Gasteiger partial charge in [-0.25, -0.2) is 18.2 Å². The molecule has 0 aliphatic carbocycles. The van der Waals surface area contributed by atoms with E-state index >= 15 is 0 Å². The molecule has 0 bridgehead atoms. The van der Waals surface area contributed by atoms with Crippen LogP contribution in [0, 0.1) is 22.9 Å². The molecule has 2 aliphatic rings. The summed E-state index contributed by atoms with van der Waals surface area (Å²) < 4.78 is 44.0. The molecule has 8 nitrogen and oxygen atoms in total. The lowest BCUT2D eigenvalue weighted by Gasteiger charge is -2.33. The Morgan fingerprint density at radius 2 is 1.81 bits per heavy atom. The van der Waals surface area contributed by atoms with Crippen molar-refractivity contribution in [2.75, 3.05) is 26.7 Å². The molecule has 36 heavy (non-hydrogen) atoms. The number of amides is 2. The fourth-order valence-corrected chi connectivity index (χ4v) is 4.78. The maximum absolute atomic E-state index is 14.7. The summed E-state index contributed by atoms with van der Waals surface area (Å²) in [7, 11) is 1.88. The van der Waals surface area contributed by atoms with E-state index in [0.717, 1.165) is 6.07 Å². The molecule has 1 fully saturated rings. The van der Waals surface area contributed by atoms with Gasteiger partial charge in [-0.1, -0.05) is 20.8 Å². The van der Waals surface area contributed by atoms with Crippen LogP contribution in [0.5, 0.6) is 0 Å². The van der Waals surface area contributed by atoms with Gasteiger partial charge < -0.3 is 24.8 Å². The van der Waals surface area contributed by atoms with Gasteiger partial charge in [0.25, 0.3) is 5.91 Å². The van der Waals surface area contributed by atoms with Crippen LogP contribution in [-0.2, 0) is 17.9 Å². The largest absolute Gasteiger partial charge is 0.391 e. The number of rotatable bonds is 4. The Morgan fingerprint density at radius 3 is 2.44 bits per heavy atom. The molecule has 196 valence electrons. The lowest BCUT2D eigenvalue weighted by atomic mass is 9.85. The van der Waals surface area contributed by atoms with E-state index in [0.29, 0.717) is 50.8 Å². The molecular formula is C25H32F3N5O3. The third kappa shape index (κ3) is 5.12. The number of carbonyl (C=O) groups is 2. The second-order valence-corrected chi connectivity index (χ2v) is 10.7. The first-order valence-electron chi connectivity index (χ1n) is 12.1. The summed E-state index contributed by atoms with van der Waals surface area (Å²) in [6.07, 6.45) is 0.554. The quantitative estimate of drug-likeness (QED) is 0.621. The van der Waals surface area contributed by atoms with Gasteiger partial charge in [0.15, 0.2) is 17.3 Å². The topological polar surface area (TPSA) is 90.7 Å². The number of aromatic nitrogens is 2. The number of hydrogen-bond donors (Lipinski definition) is 2. The second kappa shape index (κ2) is 9.85. The number of aliphatic hydroxyl groups excluding tert-OH is 1. The third-order valence-electron chi connectivity index (χ3n) is 6.74. The maximum Gasteiger partial charge on any atom is 0.272 e. The van der Waals surface area contributed by atoms with E-state index in [4.69, 9.17) is 0 Å². The number of imidazole rings is 1. The van der Waals surface area contributed by atoms with Crippen molar-refractivity contribution < 1.29 is 27.9 Å². The van der Waals surface area contributed by atoms with Crippen molar-refractivity contribution in [3.63, 3.8) is 0 Å². The van der Waals surface area contributed by atoms with Crippen LogP contribution in [0.2, 0.25) is 0 Å². The first-order chi connectivity index (χ1) is 16.9. The van der Waals surface area contributed by atoms with Crippen LogP contribution in [0.4, 0.5) is 13.2 Å². The summed E-state index contributed by atoms with van der Waals surface area (Å²) in [6.45, 7) is 7.51. The molecule has 0 radical (unpaired) electrons. The van der Waals surface area contributed by atoms with Crippen LogP contribution in [0.25, 0.3) is 11.4 Å². The van der Waals surface area contributed by atoms with Crippen molar-refractivity contribution in [2.24, 2.45) is 5.41 Å². The Hall–Kier alpha value is -2.92. The second-order valence-electron chi connectivity index (χ2n) is 10.7. The molecule has 2 amide bonds. The van der Waals surface area contributed by atoms with E-state index in [9.17, 15) is 27.9 Å². The van der Waals surface area contributed by atoms with Gasteiger partial charge >= 0.3 is 0 Å². The summed E-state index contributed by atoms with van der Waals surface area (Å²) >= 11 is 0. The van der Waals surface area contributed by atoms with E-state index in [-0.39, 0.29) is 29.5 Å². The molecule has 2 N–H and O–H groups in total. The minimum absolute atomic E-state index is 0.00592. The number of carbonyl (C=O) groups excluding carboxylic acids is 2. The smallest absolute Gasteiger partial charge is 0.272 e. The summed E-state index contributed by atoms with van der Waals surface area (Å²) in [4.78, 5) is 34.8.